The minimum atomic E-state index is -2.71. The molecule has 3 aromatic heterocycles. The van der Waals surface area contributed by atoms with Gasteiger partial charge in [0.2, 0.25) is 5.28 Å². The molecule has 1 aliphatic carbocycles. The molecule has 0 spiro atoms. The standard InChI is InChI=1S/C34H36ClFN5O2PS/c1-22-30(25-12-13-29(28(36)20-25)43-17-14-24-8-6-16-38-21-24)31-32(37)39-34(35)40-33(31)41(22)26-9-5-7-23(19-26)15-18-45(42,44)27-10-3-2-4-11-27/h2-4,6,8,10-13,15-16,18,20-21,23,26,45H,5,7,9,14,17,19,44H2,1H3,(H2,37,39,40)/b18-15+. The molecule has 1 fully saturated rings. The number of ether oxygens (including phenoxy) is 1. The SMILES string of the molecule is Cc1c(-c2ccc(OCCc3cccnc3)c(F)c2)c2c(N)nc(Cl)nc2n1C1CCCC(/C=C/[SH](=O)(P)c2ccccc2)C1. The Labute approximate surface area is 270 Å². The second-order valence-electron chi connectivity index (χ2n) is 11.5. The Kier molecular flexibility index (Phi) is 9.31. The highest BCUT2D eigenvalue weighted by molar-refractivity contribution is 8.47. The van der Waals surface area contributed by atoms with Gasteiger partial charge in [-0.05, 0) is 90.6 Å². The van der Waals surface area contributed by atoms with Crippen LogP contribution in [-0.2, 0) is 16.0 Å². The van der Waals surface area contributed by atoms with Gasteiger partial charge in [0.25, 0.3) is 0 Å². The van der Waals surface area contributed by atoms with E-state index in [0.717, 1.165) is 47.4 Å². The molecule has 6 rings (SSSR count). The quantitative estimate of drug-likeness (QED) is 0.0946. The number of thiol groups is 1. The van der Waals surface area contributed by atoms with Crippen LogP contribution in [0, 0.1) is 18.7 Å². The lowest BCUT2D eigenvalue weighted by atomic mass is 9.85. The van der Waals surface area contributed by atoms with Crippen molar-refractivity contribution in [3.8, 4) is 16.9 Å². The third kappa shape index (κ3) is 6.81. The Morgan fingerprint density at radius 1 is 1.16 bits per heavy atom. The van der Waals surface area contributed by atoms with Gasteiger partial charge in [-0.25, -0.2) is 9.37 Å². The third-order valence-corrected chi connectivity index (χ3v) is 11.8. The van der Waals surface area contributed by atoms with Gasteiger partial charge in [0.15, 0.2) is 11.6 Å². The fraction of sp³-hybridized carbons (Fsp3) is 0.265. The molecule has 0 aliphatic heterocycles. The van der Waals surface area contributed by atoms with Crippen molar-refractivity contribution in [3.05, 3.63) is 107 Å². The van der Waals surface area contributed by atoms with Gasteiger partial charge in [-0.2, -0.15) is 4.98 Å². The summed E-state index contributed by atoms with van der Waals surface area (Å²) in [4.78, 5) is 13.8. The Bertz CT molecular complexity index is 1900. The van der Waals surface area contributed by atoms with E-state index in [2.05, 4.69) is 34.0 Å². The molecule has 2 N–H and O–H groups in total. The van der Waals surface area contributed by atoms with Crippen molar-refractivity contribution < 1.29 is 13.3 Å². The van der Waals surface area contributed by atoms with Crippen molar-refractivity contribution in [2.24, 2.45) is 5.92 Å². The first-order chi connectivity index (χ1) is 21.7. The number of anilines is 1. The van der Waals surface area contributed by atoms with Crippen LogP contribution in [0.1, 0.15) is 43.0 Å². The van der Waals surface area contributed by atoms with Crippen LogP contribution in [0.15, 0.2) is 89.4 Å². The van der Waals surface area contributed by atoms with Crippen molar-refractivity contribution in [1.82, 2.24) is 19.5 Å². The van der Waals surface area contributed by atoms with Crippen LogP contribution in [0.2, 0.25) is 5.28 Å². The number of aromatic nitrogens is 4. The normalized spacial score (nSPS) is 17.6. The van der Waals surface area contributed by atoms with E-state index in [1.54, 1.807) is 18.5 Å². The molecule has 1 saturated carbocycles. The summed E-state index contributed by atoms with van der Waals surface area (Å²) in [6.45, 7) is 2.33. The number of fused-ring (bicyclic) bond motifs is 1. The largest absolute Gasteiger partial charge is 0.490 e. The van der Waals surface area contributed by atoms with Crippen molar-refractivity contribution in [1.29, 1.82) is 0 Å². The average molecular weight is 664 g/mol. The zero-order valence-corrected chi connectivity index (χ0v) is 27.7. The minimum Gasteiger partial charge on any atom is -0.490 e. The second-order valence-corrected chi connectivity index (χ2v) is 16.4. The summed E-state index contributed by atoms with van der Waals surface area (Å²) in [5.41, 5.74) is 10.5. The molecule has 2 aromatic carbocycles. The summed E-state index contributed by atoms with van der Waals surface area (Å²) in [5, 5.41) is 2.58. The van der Waals surface area contributed by atoms with Gasteiger partial charge in [0.1, 0.15) is 11.5 Å². The number of pyridine rings is 1. The summed E-state index contributed by atoms with van der Waals surface area (Å²) in [5.74, 6) is 0.200. The molecule has 11 heteroatoms. The molecule has 7 nitrogen and oxygen atoms in total. The van der Waals surface area contributed by atoms with Crippen LogP contribution < -0.4 is 10.5 Å². The summed E-state index contributed by atoms with van der Waals surface area (Å²) in [7, 11) is -0.154. The molecule has 3 atom stereocenters. The lowest BCUT2D eigenvalue weighted by molar-refractivity contribution is 0.305. The molecule has 0 amide bonds. The zero-order chi connectivity index (χ0) is 31.6. The van der Waals surface area contributed by atoms with Crippen molar-refractivity contribution in [3.63, 3.8) is 0 Å². The molecule has 3 heterocycles. The molecule has 234 valence electrons. The van der Waals surface area contributed by atoms with Crippen molar-refractivity contribution >= 4 is 46.4 Å². The number of rotatable bonds is 9. The molecule has 5 aromatic rings. The number of allylic oxidation sites excluding steroid dienone is 1. The number of nitrogen functional groups attached to an aromatic ring is 1. The number of nitrogens with two attached hydrogens (primary N) is 1. The van der Waals surface area contributed by atoms with E-state index in [0.29, 0.717) is 29.6 Å². The predicted octanol–water partition coefficient (Wildman–Crippen LogP) is 7.91. The molecular formula is C34H36ClFN5O2PS. The van der Waals surface area contributed by atoms with E-state index in [9.17, 15) is 4.21 Å². The van der Waals surface area contributed by atoms with Crippen LogP contribution in [-0.4, -0.2) is 30.3 Å². The van der Waals surface area contributed by atoms with E-state index >= 15 is 4.39 Å². The fourth-order valence-electron chi connectivity index (χ4n) is 6.32. The molecule has 0 radical (unpaired) electrons. The smallest absolute Gasteiger partial charge is 0.226 e. The fourth-order valence-corrected chi connectivity index (χ4v) is 8.61. The van der Waals surface area contributed by atoms with Crippen LogP contribution in [0.25, 0.3) is 22.2 Å². The first-order valence-electron chi connectivity index (χ1n) is 15.0. The van der Waals surface area contributed by atoms with Gasteiger partial charge in [-0.1, -0.05) is 60.8 Å². The van der Waals surface area contributed by atoms with Crippen LogP contribution in [0.4, 0.5) is 10.2 Å². The number of nitrogens with zero attached hydrogens (tertiary/aromatic N) is 4. The molecule has 0 saturated heterocycles. The maximum Gasteiger partial charge on any atom is 0.226 e. The minimum absolute atomic E-state index is 0.0629. The highest BCUT2D eigenvalue weighted by atomic mass is 35.5. The highest BCUT2D eigenvalue weighted by Gasteiger charge is 2.29. The first-order valence-corrected chi connectivity index (χ1v) is 18.8. The Morgan fingerprint density at radius 3 is 2.73 bits per heavy atom. The van der Waals surface area contributed by atoms with Gasteiger partial charge >= 0.3 is 0 Å². The summed E-state index contributed by atoms with van der Waals surface area (Å²) < 4.78 is 36.8. The van der Waals surface area contributed by atoms with Crippen LogP contribution >= 0.6 is 20.0 Å². The topological polar surface area (TPSA) is 95.9 Å². The molecule has 1 aliphatic rings. The predicted molar refractivity (Wildman–Crippen MR) is 185 cm³/mol. The molecule has 3 unspecified atom stereocenters. The number of hydrogen-bond acceptors (Lipinski definition) is 6. The van der Waals surface area contributed by atoms with E-state index in [4.69, 9.17) is 22.1 Å². The Morgan fingerprint density at radius 2 is 1.98 bits per heavy atom. The summed E-state index contributed by atoms with van der Waals surface area (Å²) >= 11 is 6.33. The zero-order valence-electron chi connectivity index (χ0n) is 24.9. The monoisotopic (exact) mass is 663 g/mol. The maximum atomic E-state index is 15.4. The van der Waals surface area contributed by atoms with Crippen LogP contribution in [0.5, 0.6) is 5.75 Å². The molecule has 45 heavy (non-hydrogen) atoms. The second kappa shape index (κ2) is 13.4. The lowest BCUT2D eigenvalue weighted by Gasteiger charge is -2.30. The first kappa shape index (κ1) is 31.3. The Hall–Kier alpha value is -3.65. The van der Waals surface area contributed by atoms with E-state index in [1.165, 1.54) is 6.07 Å². The van der Waals surface area contributed by atoms with Gasteiger partial charge in [-0.3, -0.25) is 9.19 Å². The average Bonchev–Trinajstić information content (AvgIpc) is 3.33. The van der Waals surface area contributed by atoms with E-state index in [1.807, 2.05) is 60.9 Å². The number of hydrogen-bond donors (Lipinski definition) is 2. The lowest BCUT2D eigenvalue weighted by Crippen LogP contribution is -2.20. The number of halogens is 2. The number of benzene rings is 2. The third-order valence-electron chi connectivity index (χ3n) is 8.48. The van der Waals surface area contributed by atoms with Gasteiger partial charge in [-0.15, -0.1) is 0 Å². The van der Waals surface area contributed by atoms with Gasteiger partial charge in [0.05, 0.1) is 12.0 Å². The van der Waals surface area contributed by atoms with Gasteiger partial charge < -0.3 is 15.0 Å². The van der Waals surface area contributed by atoms with Crippen LogP contribution in [0.3, 0.4) is 0 Å². The molecular weight excluding hydrogens is 628 g/mol. The van der Waals surface area contributed by atoms with Gasteiger partial charge in [0, 0.05) is 41.0 Å². The van der Waals surface area contributed by atoms with E-state index in [-0.39, 0.29) is 28.8 Å². The van der Waals surface area contributed by atoms with E-state index < -0.39 is 15.4 Å². The van der Waals surface area contributed by atoms with Crippen molar-refractivity contribution in [2.75, 3.05) is 12.3 Å². The Balaban J connectivity index is 1.29. The highest BCUT2D eigenvalue weighted by Crippen LogP contribution is 2.44. The molecule has 0 bridgehead atoms. The maximum absolute atomic E-state index is 15.4. The summed E-state index contributed by atoms with van der Waals surface area (Å²) in [6.07, 6.45) is 9.98. The van der Waals surface area contributed by atoms with Crippen molar-refractivity contribution in [2.45, 2.75) is 50.0 Å². The summed E-state index contributed by atoms with van der Waals surface area (Å²) in [6, 6.07) is 18.4.